The van der Waals surface area contributed by atoms with E-state index in [-0.39, 0.29) is 5.78 Å². The molecule has 1 nitrogen and oxygen atoms in total. The molecule has 0 aliphatic carbocycles. The number of carbonyl (C=O) groups excluding carboxylic acids is 1. The number of benzene rings is 1. The molecular weight excluding hydrogens is 196 g/mol. The van der Waals surface area contributed by atoms with E-state index in [2.05, 4.69) is 13.8 Å². The van der Waals surface area contributed by atoms with Gasteiger partial charge < -0.3 is 0 Å². The zero-order chi connectivity index (χ0) is 10.6. The quantitative estimate of drug-likeness (QED) is 0.688. The highest BCUT2D eigenvalue weighted by Crippen LogP contribution is 2.18. The summed E-state index contributed by atoms with van der Waals surface area (Å²) < 4.78 is 0. The van der Waals surface area contributed by atoms with Gasteiger partial charge in [-0.15, -0.1) is 0 Å². The van der Waals surface area contributed by atoms with Crippen LogP contribution in [-0.2, 0) is 0 Å². The van der Waals surface area contributed by atoms with Crippen molar-refractivity contribution in [2.24, 2.45) is 5.92 Å². The maximum Gasteiger partial charge on any atom is 0.164 e. The standard InChI is InChI=1S/C12H15ClO/c1-9(2)7-8-12(14)10-5-3-4-6-11(10)13/h3-6,9H,7-8H2,1-2H3. The molecule has 76 valence electrons. The summed E-state index contributed by atoms with van der Waals surface area (Å²) in [5, 5.41) is 0.557. The highest BCUT2D eigenvalue weighted by Gasteiger charge is 2.09. The number of halogens is 1. The lowest BCUT2D eigenvalue weighted by molar-refractivity contribution is 0.0975. The van der Waals surface area contributed by atoms with E-state index in [9.17, 15) is 4.79 Å². The van der Waals surface area contributed by atoms with Crippen LogP contribution in [0.25, 0.3) is 0 Å². The number of rotatable bonds is 4. The predicted octanol–water partition coefficient (Wildman–Crippen LogP) is 3.96. The van der Waals surface area contributed by atoms with E-state index < -0.39 is 0 Å². The van der Waals surface area contributed by atoms with E-state index in [4.69, 9.17) is 11.6 Å². The van der Waals surface area contributed by atoms with Crippen LogP contribution >= 0.6 is 11.6 Å². The molecule has 1 aromatic carbocycles. The van der Waals surface area contributed by atoms with Crippen LogP contribution < -0.4 is 0 Å². The third-order valence-electron chi connectivity index (χ3n) is 2.12. The molecule has 0 heterocycles. The maximum atomic E-state index is 11.7. The second kappa shape index (κ2) is 5.16. The van der Waals surface area contributed by atoms with Gasteiger partial charge in [-0.3, -0.25) is 4.79 Å². The first-order valence-electron chi connectivity index (χ1n) is 4.89. The van der Waals surface area contributed by atoms with Gasteiger partial charge >= 0.3 is 0 Å². The molecule has 0 unspecified atom stereocenters. The topological polar surface area (TPSA) is 17.1 Å². The number of hydrogen-bond donors (Lipinski definition) is 0. The van der Waals surface area contributed by atoms with Crippen molar-refractivity contribution in [3.8, 4) is 0 Å². The normalized spacial score (nSPS) is 10.6. The summed E-state index contributed by atoms with van der Waals surface area (Å²) in [5.41, 5.74) is 0.648. The molecule has 2 heteroatoms. The van der Waals surface area contributed by atoms with Gasteiger partial charge in [-0.05, 0) is 24.5 Å². The van der Waals surface area contributed by atoms with Crippen LogP contribution in [0.2, 0.25) is 5.02 Å². The fourth-order valence-electron chi connectivity index (χ4n) is 1.24. The van der Waals surface area contributed by atoms with Crippen LogP contribution in [0.3, 0.4) is 0 Å². The third kappa shape index (κ3) is 3.15. The lowest BCUT2D eigenvalue weighted by atomic mass is 10.0. The number of carbonyl (C=O) groups is 1. The minimum Gasteiger partial charge on any atom is -0.294 e. The van der Waals surface area contributed by atoms with Gasteiger partial charge in [0.2, 0.25) is 0 Å². The lowest BCUT2D eigenvalue weighted by Crippen LogP contribution is -2.01. The van der Waals surface area contributed by atoms with Crippen molar-refractivity contribution in [3.05, 3.63) is 34.9 Å². The molecule has 0 spiro atoms. The van der Waals surface area contributed by atoms with E-state index >= 15 is 0 Å². The van der Waals surface area contributed by atoms with Crippen LogP contribution in [0.4, 0.5) is 0 Å². The Balaban J connectivity index is 2.65. The van der Waals surface area contributed by atoms with Crippen LogP contribution in [-0.4, -0.2) is 5.78 Å². The van der Waals surface area contributed by atoms with Crippen molar-refractivity contribution in [1.29, 1.82) is 0 Å². The Morgan fingerprint density at radius 3 is 2.57 bits per heavy atom. The molecule has 14 heavy (non-hydrogen) atoms. The fourth-order valence-corrected chi connectivity index (χ4v) is 1.48. The molecule has 0 amide bonds. The Hall–Kier alpha value is -0.820. The van der Waals surface area contributed by atoms with Crippen molar-refractivity contribution in [1.82, 2.24) is 0 Å². The number of ketones is 1. The van der Waals surface area contributed by atoms with Crippen LogP contribution in [0.1, 0.15) is 37.0 Å². The molecule has 0 aliphatic heterocycles. The largest absolute Gasteiger partial charge is 0.294 e. The monoisotopic (exact) mass is 210 g/mol. The molecule has 0 saturated heterocycles. The van der Waals surface area contributed by atoms with E-state index in [0.717, 1.165) is 6.42 Å². The van der Waals surface area contributed by atoms with Gasteiger partial charge in [-0.1, -0.05) is 37.6 Å². The first-order valence-corrected chi connectivity index (χ1v) is 5.26. The molecular formula is C12H15ClO. The van der Waals surface area contributed by atoms with Crippen molar-refractivity contribution in [2.75, 3.05) is 0 Å². The summed E-state index contributed by atoms with van der Waals surface area (Å²) in [7, 11) is 0. The van der Waals surface area contributed by atoms with Gasteiger partial charge in [0.1, 0.15) is 0 Å². The summed E-state index contributed by atoms with van der Waals surface area (Å²) in [6.45, 7) is 4.22. The third-order valence-corrected chi connectivity index (χ3v) is 2.45. The first-order chi connectivity index (χ1) is 6.61. The molecule has 0 atom stereocenters. The number of hydrogen-bond acceptors (Lipinski definition) is 1. The van der Waals surface area contributed by atoms with Gasteiger partial charge in [0.15, 0.2) is 5.78 Å². The maximum absolute atomic E-state index is 11.7. The summed E-state index contributed by atoms with van der Waals surface area (Å²) >= 11 is 5.91. The molecule has 0 radical (unpaired) electrons. The highest BCUT2D eigenvalue weighted by molar-refractivity contribution is 6.33. The van der Waals surface area contributed by atoms with Crippen LogP contribution in [0.15, 0.2) is 24.3 Å². The molecule has 0 aromatic heterocycles. The Bertz CT molecular complexity index is 318. The van der Waals surface area contributed by atoms with Crippen molar-refractivity contribution in [3.63, 3.8) is 0 Å². The molecule has 0 bridgehead atoms. The van der Waals surface area contributed by atoms with Gasteiger partial charge in [0.05, 0.1) is 5.02 Å². The smallest absolute Gasteiger partial charge is 0.164 e. The Morgan fingerprint density at radius 1 is 1.36 bits per heavy atom. The molecule has 0 saturated carbocycles. The van der Waals surface area contributed by atoms with Gasteiger partial charge in [0, 0.05) is 12.0 Å². The van der Waals surface area contributed by atoms with Gasteiger partial charge in [-0.2, -0.15) is 0 Å². The van der Waals surface area contributed by atoms with E-state index in [1.807, 2.05) is 12.1 Å². The number of Topliss-reactive ketones (excluding diaryl/α,β-unsaturated/α-hetero) is 1. The SMILES string of the molecule is CC(C)CCC(=O)c1ccccc1Cl. The fraction of sp³-hybridized carbons (Fsp3) is 0.417. The van der Waals surface area contributed by atoms with E-state index in [1.54, 1.807) is 12.1 Å². The average Bonchev–Trinajstić information content (AvgIpc) is 2.15. The molecule has 0 aliphatic rings. The average molecular weight is 211 g/mol. The second-order valence-corrected chi connectivity index (χ2v) is 4.24. The van der Waals surface area contributed by atoms with Gasteiger partial charge in [-0.25, -0.2) is 0 Å². The Labute approximate surface area is 90.1 Å². The van der Waals surface area contributed by atoms with Crippen LogP contribution in [0.5, 0.6) is 0 Å². The molecule has 0 N–H and O–H groups in total. The van der Waals surface area contributed by atoms with Crippen LogP contribution in [0, 0.1) is 5.92 Å². The predicted molar refractivity (Wildman–Crippen MR) is 59.9 cm³/mol. The van der Waals surface area contributed by atoms with Gasteiger partial charge in [0.25, 0.3) is 0 Å². The summed E-state index contributed by atoms with van der Waals surface area (Å²) in [4.78, 5) is 11.7. The van der Waals surface area contributed by atoms with Crippen molar-refractivity contribution >= 4 is 17.4 Å². The zero-order valence-electron chi connectivity index (χ0n) is 8.59. The lowest BCUT2D eigenvalue weighted by Gasteiger charge is -2.05. The Morgan fingerprint density at radius 2 is 2.00 bits per heavy atom. The summed E-state index contributed by atoms with van der Waals surface area (Å²) in [6.07, 6.45) is 1.51. The second-order valence-electron chi connectivity index (χ2n) is 3.84. The molecule has 1 rings (SSSR count). The summed E-state index contributed by atoms with van der Waals surface area (Å²) in [5.74, 6) is 0.700. The minimum absolute atomic E-state index is 0.143. The Kier molecular flexibility index (Phi) is 4.15. The van der Waals surface area contributed by atoms with E-state index in [0.29, 0.717) is 22.9 Å². The highest BCUT2D eigenvalue weighted by atomic mass is 35.5. The van der Waals surface area contributed by atoms with E-state index in [1.165, 1.54) is 0 Å². The molecule has 1 aromatic rings. The first kappa shape index (κ1) is 11.3. The summed E-state index contributed by atoms with van der Waals surface area (Å²) in [6, 6.07) is 7.21. The minimum atomic E-state index is 0.143. The molecule has 0 fully saturated rings. The van der Waals surface area contributed by atoms with Crippen molar-refractivity contribution < 1.29 is 4.79 Å². The van der Waals surface area contributed by atoms with Crippen molar-refractivity contribution in [2.45, 2.75) is 26.7 Å². The zero-order valence-corrected chi connectivity index (χ0v) is 9.34.